The first kappa shape index (κ1) is 13.8. The Bertz CT molecular complexity index is 393. The van der Waals surface area contributed by atoms with Crippen molar-refractivity contribution in [3.05, 3.63) is 35.9 Å². The average Bonchev–Trinajstić information content (AvgIpc) is 2.34. The van der Waals surface area contributed by atoms with Gasteiger partial charge in [-0.1, -0.05) is 26.0 Å². The van der Waals surface area contributed by atoms with Crippen LogP contribution in [0.3, 0.4) is 0 Å². The Kier molecular flexibility index (Phi) is 5.84. The van der Waals surface area contributed by atoms with Crippen LogP contribution in [0.4, 0.5) is 0 Å². The van der Waals surface area contributed by atoms with Gasteiger partial charge < -0.3 is 5.11 Å². The Balaban J connectivity index is 2.81. The van der Waals surface area contributed by atoms with Crippen molar-refractivity contribution >= 4 is 23.3 Å². The molecule has 0 bridgehead atoms. The molecule has 0 unspecified atom stereocenters. The zero-order valence-corrected chi connectivity index (χ0v) is 11.1. The lowest BCUT2D eigenvalue weighted by Crippen LogP contribution is -1.92. The lowest BCUT2D eigenvalue weighted by atomic mass is 10.0. The molecule has 3 heteroatoms. The van der Waals surface area contributed by atoms with E-state index in [4.69, 9.17) is 5.11 Å². The fourth-order valence-corrected chi connectivity index (χ4v) is 2.29. The first-order valence-corrected chi connectivity index (χ1v) is 6.82. The summed E-state index contributed by atoms with van der Waals surface area (Å²) in [6.45, 7) is 4.13. The van der Waals surface area contributed by atoms with E-state index < -0.39 is 5.97 Å². The quantitative estimate of drug-likeness (QED) is 0.611. The molecule has 0 fully saturated rings. The van der Waals surface area contributed by atoms with Crippen molar-refractivity contribution in [2.45, 2.75) is 31.6 Å². The molecule has 92 valence electrons. The van der Waals surface area contributed by atoms with E-state index in [-0.39, 0.29) is 0 Å². The molecule has 1 aromatic rings. The molecule has 0 amide bonds. The summed E-state index contributed by atoms with van der Waals surface area (Å²) in [5.74, 6) is 0.233. The molecule has 0 aliphatic rings. The highest BCUT2D eigenvalue weighted by atomic mass is 32.2. The summed E-state index contributed by atoms with van der Waals surface area (Å²) in [6.07, 6.45) is 3.17. The van der Waals surface area contributed by atoms with Crippen LogP contribution < -0.4 is 0 Å². The second-order valence-electron chi connectivity index (χ2n) is 3.73. The van der Waals surface area contributed by atoms with Crippen LogP contribution in [0.25, 0.3) is 5.57 Å². The lowest BCUT2D eigenvalue weighted by Gasteiger charge is -2.05. The number of hydrogen-bond donors (Lipinski definition) is 1. The maximum atomic E-state index is 10.7. The predicted molar refractivity (Wildman–Crippen MR) is 73.4 cm³/mol. The van der Waals surface area contributed by atoms with Gasteiger partial charge in [-0.05, 0) is 41.9 Å². The number of benzene rings is 1. The number of allylic oxidation sites excluding steroid dienone is 1. The number of hydrogen-bond acceptors (Lipinski definition) is 2. The number of rotatable bonds is 6. The first-order chi connectivity index (χ1) is 8.17. The summed E-state index contributed by atoms with van der Waals surface area (Å²) in [7, 11) is 0. The second kappa shape index (κ2) is 7.17. The zero-order valence-electron chi connectivity index (χ0n) is 10.3. The molecule has 0 saturated carbocycles. The monoisotopic (exact) mass is 250 g/mol. The molecule has 0 spiro atoms. The van der Waals surface area contributed by atoms with Crippen LogP contribution >= 0.6 is 11.8 Å². The van der Waals surface area contributed by atoms with Crippen molar-refractivity contribution in [3.63, 3.8) is 0 Å². The van der Waals surface area contributed by atoms with Crippen LogP contribution in [0.1, 0.15) is 32.3 Å². The van der Waals surface area contributed by atoms with E-state index in [0.717, 1.165) is 29.7 Å². The van der Waals surface area contributed by atoms with E-state index in [2.05, 4.69) is 19.1 Å². The number of carboxylic acid groups (broad SMARTS) is 1. The molecule has 2 nitrogen and oxygen atoms in total. The maximum absolute atomic E-state index is 10.7. The van der Waals surface area contributed by atoms with Gasteiger partial charge in [0.2, 0.25) is 0 Å². The molecule has 0 aromatic heterocycles. The minimum atomic E-state index is -0.883. The number of aliphatic carboxylic acids is 1. The van der Waals surface area contributed by atoms with Crippen molar-refractivity contribution in [1.82, 2.24) is 0 Å². The van der Waals surface area contributed by atoms with Crippen LogP contribution in [-0.4, -0.2) is 16.8 Å². The molecule has 1 rings (SSSR count). The Morgan fingerprint density at radius 3 is 2.41 bits per heavy atom. The Labute approximate surface area is 107 Å². The van der Waals surface area contributed by atoms with E-state index in [1.165, 1.54) is 11.0 Å². The minimum absolute atomic E-state index is 0.730. The van der Waals surface area contributed by atoms with Gasteiger partial charge in [0.05, 0.1) is 0 Å². The highest BCUT2D eigenvalue weighted by molar-refractivity contribution is 7.99. The standard InChI is InChI=1S/C14H18O2S/c1-3-9-17-13-7-5-12(6-8-13)11(4-2)10-14(15)16/h5-8,10H,3-4,9H2,1-2H3,(H,15,16)/b11-10+. The Morgan fingerprint density at radius 2 is 1.94 bits per heavy atom. The smallest absolute Gasteiger partial charge is 0.328 e. The molecule has 17 heavy (non-hydrogen) atoms. The van der Waals surface area contributed by atoms with E-state index >= 15 is 0 Å². The fraction of sp³-hybridized carbons (Fsp3) is 0.357. The van der Waals surface area contributed by atoms with Crippen molar-refractivity contribution < 1.29 is 9.90 Å². The molecule has 0 radical (unpaired) electrons. The minimum Gasteiger partial charge on any atom is -0.478 e. The van der Waals surface area contributed by atoms with Gasteiger partial charge in [0, 0.05) is 11.0 Å². The normalized spacial score (nSPS) is 11.5. The van der Waals surface area contributed by atoms with Crippen molar-refractivity contribution in [1.29, 1.82) is 0 Å². The van der Waals surface area contributed by atoms with Gasteiger partial charge >= 0.3 is 5.97 Å². The molecule has 0 atom stereocenters. The topological polar surface area (TPSA) is 37.3 Å². The van der Waals surface area contributed by atoms with Gasteiger partial charge in [0.15, 0.2) is 0 Å². The zero-order chi connectivity index (χ0) is 12.7. The third-order valence-electron chi connectivity index (χ3n) is 2.38. The highest BCUT2D eigenvalue weighted by Gasteiger charge is 2.02. The highest BCUT2D eigenvalue weighted by Crippen LogP contribution is 2.23. The molecule has 0 saturated heterocycles. The number of carbonyl (C=O) groups is 1. The van der Waals surface area contributed by atoms with Crippen molar-refractivity contribution in [2.24, 2.45) is 0 Å². The summed E-state index contributed by atoms with van der Waals surface area (Å²) in [5.41, 5.74) is 1.86. The average molecular weight is 250 g/mol. The number of thioether (sulfide) groups is 1. The van der Waals surface area contributed by atoms with Crippen molar-refractivity contribution in [3.8, 4) is 0 Å². The SMILES string of the molecule is CCCSc1ccc(/C(=C/C(=O)O)CC)cc1. The van der Waals surface area contributed by atoms with Crippen LogP contribution in [0, 0.1) is 0 Å². The van der Waals surface area contributed by atoms with Gasteiger partial charge in [-0.2, -0.15) is 0 Å². The van der Waals surface area contributed by atoms with Crippen LogP contribution in [0.2, 0.25) is 0 Å². The largest absolute Gasteiger partial charge is 0.478 e. The first-order valence-electron chi connectivity index (χ1n) is 5.84. The lowest BCUT2D eigenvalue weighted by molar-refractivity contribution is -0.131. The summed E-state index contributed by atoms with van der Waals surface area (Å²) in [6, 6.07) is 8.11. The maximum Gasteiger partial charge on any atom is 0.328 e. The third kappa shape index (κ3) is 4.65. The van der Waals surface area contributed by atoms with Crippen LogP contribution in [0.5, 0.6) is 0 Å². The molecule has 0 aliphatic carbocycles. The van der Waals surface area contributed by atoms with Gasteiger partial charge in [-0.3, -0.25) is 0 Å². The Hall–Kier alpha value is -1.22. The molecule has 1 N–H and O–H groups in total. The van der Waals surface area contributed by atoms with Crippen molar-refractivity contribution in [2.75, 3.05) is 5.75 Å². The third-order valence-corrected chi connectivity index (χ3v) is 3.59. The Morgan fingerprint density at radius 1 is 1.29 bits per heavy atom. The molecule has 0 heterocycles. The molecular weight excluding hydrogens is 232 g/mol. The van der Waals surface area contributed by atoms with Crippen LogP contribution in [-0.2, 0) is 4.79 Å². The summed E-state index contributed by atoms with van der Waals surface area (Å²) in [4.78, 5) is 11.9. The van der Waals surface area contributed by atoms with Gasteiger partial charge in [0.1, 0.15) is 0 Å². The number of carboxylic acids is 1. The van der Waals surface area contributed by atoms with E-state index in [1.54, 1.807) is 0 Å². The molecule has 0 aliphatic heterocycles. The van der Waals surface area contributed by atoms with Gasteiger partial charge in [0.25, 0.3) is 0 Å². The van der Waals surface area contributed by atoms with E-state index in [1.807, 2.05) is 30.8 Å². The molecular formula is C14H18O2S. The second-order valence-corrected chi connectivity index (χ2v) is 4.90. The molecule has 1 aromatic carbocycles. The fourth-order valence-electron chi connectivity index (χ4n) is 1.52. The summed E-state index contributed by atoms with van der Waals surface area (Å²) in [5, 5.41) is 8.77. The summed E-state index contributed by atoms with van der Waals surface area (Å²) < 4.78 is 0. The predicted octanol–water partition coefficient (Wildman–Crippen LogP) is 4.07. The van der Waals surface area contributed by atoms with E-state index in [9.17, 15) is 4.79 Å². The van der Waals surface area contributed by atoms with Gasteiger partial charge in [-0.25, -0.2) is 4.79 Å². The van der Waals surface area contributed by atoms with E-state index in [0.29, 0.717) is 0 Å². The van der Waals surface area contributed by atoms with Crippen LogP contribution in [0.15, 0.2) is 35.2 Å². The summed E-state index contributed by atoms with van der Waals surface area (Å²) >= 11 is 1.83. The van der Waals surface area contributed by atoms with Gasteiger partial charge in [-0.15, -0.1) is 11.8 Å².